The van der Waals surface area contributed by atoms with Crippen LogP contribution < -0.4 is 10.1 Å². The van der Waals surface area contributed by atoms with Gasteiger partial charge in [0.05, 0.1) is 13.4 Å². The van der Waals surface area contributed by atoms with Crippen LogP contribution in [0.5, 0.6) is 17.2 Å². The van der Waals surface area contributed by atoms with E-state index < -0.39 is 0 Å². The Balaban J connectivity index is 1.86. The van der Waals surface area contributed by atoms with E-state index in [1.165, 1.54) is 25.8 Å². The Morgan fingerprint density at radius 2 is 2.05 bits per heavy atom. The predicted molar refractivity (Wildman–Crippen MR) is 75.3 cm³/mol. The number of imidazole rings is 1. The van der Waals surface area contributed by atoms with Gasteiger partial charge in [-0.2, -0.15) is 0 Å². The topological polar surface area (TPSA) is 116 Å². The molecule has 2 aromatic heterocycles. The Bertz CT molecular complexity index is 787. The van der Waals surface area contributed by atoms with Gasteiger partial charge in [0.2, 0.25) is 0 Å². The molecule has 0 atom stereocenters. The first kappa shape index (κ1) is 13.0. The number of hydrogen-bond donors (Lipinski definition) is 4. The fraction of sp³-hybridized carbons (Fsp3) is 0.154. The summed E-state index contributed by atoms with van der Waals surface area (Å²) < 4.78 is 5.02. The third-order valence-electron chi connectivity index (χ3n) is 3.05. The second-order valence-corrected chi connectivity index (χ2v) is 4.33. The van der Waals surface area contributed by atoms with Gasteiger partial charge >= 0.3 is 0 Å². The van der Waals surface area contributed by atoms with E-state index in [1.54, 1.807) is 6.07 Å². The van der Waals surface area contributed by atoms with E-state index in [9.17, 15) is 10.2 Å². The van der Waals surface area contributed by atoms with E-state index in [-0.39, 0.29) is 11.5 Å². The van der Waals surface area contributed by atoms with Gasteiger partial charge in [0, 0.05) is 18.2 Å². The van der Waals surface area contributed by atoms with Crippen LogP contribution in [0.25, 0.3) is 11.2 Å². The summed E-state index contributed by atoms with van der Waals surface area (Å²) in [5.74, 6) is 0.718. The molecule has 1 aromatic carbocycles. The lowest BCUT2D eigenvalue weighted by Crippen LogP contribution is -2.03. The van der Waals surface area contributed by atoms with Crippen molar-refractivity contribution in [3.8, 4) is 17.2 Å². The zero-order valence-electron chi connectivity index (χ0n) is 11.2. The van der Waals surface area contributed by atoms with Crippen LogP contribution in [0.1, 0.15) is 5.56 Å². The molecule has 0 amide bonds. The standard InChI is InChI=1S/C13H13N5O3/c1-21-10-2-7(8(19)3-9(10)20)4-14-12-11-13(16-5-15-11)18-6-17-12/h2-3,5-6,19-20H,4H2,1H3,(H2,14,15,16,17,18). The van der Waals surface area contributed by atoms with Crippen molar-refractivity contribution >= 4 is 17.0 Å². The summed E-state index contributed by atoms with van der Waals surface area (Å²) in [6.45, 7) is 0.299. The largest absolute Gasteiger partial charge is 0.507 e. The quantitative estimate of drug-likeness (QED) is 0.573. The summed E-state index contributed by atoms with van der Waals surface area (Å²) in [6.07, 6.45) is 2.94. The number of nitrogens with zero attached hydrogens (tertiary/aromatic N) is 3. The van der Waals surface area contributed by atoms with E-state index in [2.05, 4.69) is 25.3 Å². The molecule has 0 fully saturated rings. The molecule has 8 heteroatoms. The Hall–Kier alpha value is -3.03. The van der Waals surface area contributed by atoms with Crippen molar-refractivity contribution < 1.29 is 14.9 Å². The lowest BCUT2D eigenvalue weighted by atomic mass is 10.1. The number of fused-ring (bicyclic) bond motifs is 1. The summed E-state index contributed by atoms with van der Waals surface area (Å²) in [7, 11) is 1.45. The van der Waals surface area contributed by atoms with Crippen LogP contribution >= 0.6 is 0 Å². The van der Waals surface area contributed by atoms with Gasteiger partial charge in [-0.05, 0) is 6.07 Å². The molecule has 0 aliphatic heterocycles. The molecular weight excluding hydrogens is 274 g/mol. The summed E-state index contributed by atoms with van der Waals surface area (Å²) >= 11 is 0. The second kappa shape index (κ2) is 5.16. The fourth-order valence-corrected chi connectivity index (χ4v) is 1.98. The molecule has 3 aromatic rings. The van der Waals surface area contributed by atoms with E-state index in [1.807, 2.05) is 0 Å². The van der Waals surface area contributed by atoms with Gasteiger partial charge in [-0.1, -0.05) is 0 Å². The molecule has 0 aliphatic rings. The molecule has 0 aliphatic carbocycles. The lowest BCUT2D eigenvalue weighted by Gasteiger charge is -2.10. The van der Waals surface area contributed by atoms with E-state index in [0.717, 1.165) is 0 Å². The average molecular weight is 287 g/mol. The number of phenolic OH excluding ortho intramolecular Hbond substituents is 2. The first-order valence-electron chi connectivity index (χ1n) is 6.16. The van der Waals surface area contributed by atoms with Crippen LogP contribution in [-0.4, -0.2) is 37.3 Å². The summed E-state index contributed by atoms with van der Waals surface area (Å²) in [5, 5.41) is 22.5. The Morgan fingerprint density at radius 3 is 2.86 bits per heavy atom. The minimum atomic E-state index is -0.114. The maximum Gasteiger partial charge on any atom is 0.182 e. The number of anilines is 1. The molecule has 0 saturated carbocycles. The van der Waals surface area contributed by atoms with E-state index >= 15 is 0 Å². The zero-order chi connectivity index (χ0) is 14.8. The number of H-pyrrole nitrogens is 1. The second-order valence-electron chi connectivity index (χ2n) is 4.33. The first-order valence-corrected chi connectivity index (χ1v) is 6.16. The van der Waals surface area contributed by atoms with Crippen molar-refractivity contribution in [2.75, 3.05) is 12.4 Å². The van der Waals surface area contributed by atoms with Gasteiger partial charge in [-0.15, -0.1) is 0 Å². The molecule has 0 radical (unpaired) electrons. The zero-order valence-corrected chi connectivity index (χ0v) is 11.2. The molecule has 3 rings (SSSR count). The summed E-state index contributed by atoms with van der Waals surface area (Å²) in [4.78, 5) is 15.1. The van der Waals surface area contributed by atoms with Crippen LogP contribution in [0.4, 0.5) is 5.82 Å². The van der Waals surface area contributed by atoms with E-state index in [4.69, 9.17) is 4.74 Å². The molecule has 0 spiro atoms. The highest BCUT2D eigenvalue weighted by Crippen LogP contribution is 2.33. The smallest absolute Gasteiger partial charge is 0.182 e. The summed E-state index contributed by atoms with van der Waals surface area (Å²) in [5.41, 5.74) is 1.80. The van der Waals surface area contributed by atoms with Crippen LogP contribution in [0, 0.1) is 0 Å². The third-order valence-corrected chi connectivity index (χ3v) is 3.05. The highest BCUT2D eigenvalue weighted by Gasteiger charge is 2.10. The van der Waals surface area contributed by atoms with Gasteiger partial charge in [-0.3, -0.25) is 0 Å². The molecule has 0 unspecified atom stereocenters. The average Bonchev–Trinajstić information content (AvgIpc) is 2.95. The maximum atomic E-state index is 9.85. The predicted octanol–water partition coefficient (Wildman–Crippen LogP) is 1.38. The molecule has 4 N–H and O–H groups in total. The first-order chi connectivity index (χ1) is 10.2. The molecular formula is C13H13N5O3. The number of aromatic nitrogens is 4. The molecule has 108 valence electrons. The van der Waals surface area contributed by atoms with Gasteiger partial charge in [0.1, 0.15) is 17.6 Å². The molecule has 8 nitrogen and oxygen atoms in total. The lowest BCUT2D eigenvalue weighted by molar-refractivity contribution is 0.368. The SMILES string of the molecule is COc1cc(CNc2ncnc3nc[nH]c23)c(O)cc1O. The third kappa shape index (κ3) is 2.38. The van der Waals surface area contributed by atoms with Gasteiger partial charge in [0.15, 0.2) is 23.0 Å². The number of ether oxygens (including phenoxy) is 1. The van der Waals surface area contributed by atoms with Crippen molar-refractivity contribution in [3.05, 3.63) is 30.4 Å². The van der Waals surface area contributed by atoms with Crippen molar-refractivity contribution in [2.24, 2.45) is 0 Å². The number of hydrogen-bond acceptors (Lipinski definition) is 7. The number of nitrogens with one attached hydrogen (secondary N) is 2. The Labute approximate surface area is 119 Å². The number of methoxy groups -OCH3 is 1. The van der Waals surface area contributed by atoms with Crippen LogP contribution in [0.15, 0.2) is 24.8 Å². The van der Waals surface area contributed by atoms with Gasteiger partial charge < -0.3 is 25.3 Å². The number of rotatable bonds is 4. The van der Waals surface area contributed by atoms with Gasteiger partial charge in [-0.25, -0.2) is 15.0 Å². The monoisotopic (exact) mass is 287 g/mol. The molecule has 21 heavy (non-hydrogen) atoms. The maximum absolute atomic E-state index is 9.85. The summed E-state index contributed by atoms with van der Waals surface area (Å²) in [6, 6.07) is 2.80. The van der Waals surface area contributed by atoms with Crippen LogP contribution in [0.2, 0.25) is 0 Å². The van der Waals surface area contributed by atoms with Crippen molar-refractivity contribution in [3.63, 3.8) is 0 Å². The van der Waals surface area contributed by atoms with Crippen molar-refractivity contribution in [2.45, 2.75) is 6.54 Å². The van der Waals surface area contributed by atoms with Crippen molar-refractivity contribution in [1.82, 2.24) is 19.9 Å². The highest BCUT2D eigenvalue weighted by molar-refractivity contribution is 5.81. The minimum absolute atomic E-state index is 0.0317. The molecule has 0 bridgehead atoms. The molecule has 2 heterocycles. The molecule has 0 saturated heterocycles. The normalized spacial score (nSPS) is 10.7. The van der Waals surface area contributed by atoms with Crippen LogP contribution in [-0.2, 0) is 6.54 Å². The van der Waals surface area contributed by atoms with Gasteiger partial charge in [0.25, 0.3) is 0 Å². The number of phenols is 2. The Kier molecular flexibility index (Phi) is 3.19. The Morgan fingerprint density at radius 1 is 1.19 bits per heavy atom. The van der Waals surface area contributed by atoms with Crippen LogP contribution in [0.3, 0.4) is 0 Å². The number of aromatic hydroxyl groups is 2. The highest BCUT2D eigenvalue weighted by atomic mass is 16.5. The van der Waals surface area contributed by atoms with Crippen molar-refractivity contribution in [1.29, 1.82) is 0 Å². The number of aromatic amines is 1. The minimum Gasteiger partial charge on any atom is -0.507 e. The van der Waals surface area contributed by atoms with E-state index in [0.29, 0.717) is 34.8 Å². The number of benzene rings is 1. The fourth-order valence-electron chi connectivity index (χ4n) is 1.98.